The summed E-state index contributed by atoms with van der Waals surface area (Å²) in [4.78, 5) is 26.3. The summed E-state index contributed by atoms with van der Waals surface area (Å²) in [6.45, 7) is 3.44. The zero-order chi connectivity index (χ0) is 14.4. The molecule has 0 saturated heterocycles. The molecule has 0 aliphatic rings. The molecule has 1 aromatic heterocycles. The molecule has 1 heterocycles. The number of carbonyl (C=O) groups is 2. The summed E-state index contributed by atoms with van der Waals surface area (Å²) in [7, 11) is 3.43. The van der Waals surface area contributed by atoms with Crippen molar-refractivity contribution >= 4 is 11.8 Å². The number of likely N-dealkylation sites (N-methyl/N-ethyl adjacent to an activating group) is 2. The van der Waals surface area contributed by atoms with Gasteiger partial charge < -0.3 is 9.32 Å². The average Bonchev–Trinajstić information content (AvgIpc) is 2.85. The Morgan fingerprint density at radius 2 is 2.05 bits per heavy atom. The van der Waals surface area contributed by atoms with E-state index < -0.39 is 5.91 Å². The van der Waals surface area contributed by atoms with E-state index in [1.807, 2.05) is 17.2 Å². The highest BCUT2D eigenvalue weighted by atomic mass is 16.4. The third kappa shape index (κ3) is 4.38. The van der Waals surface area contributed by atoms with E-state index in [-0.39, 0.29) is 11.7 Å². The molecular formula is C12H20N4O3. The van der Waals surface area contributed by atoms with Crippen LogP contribution in [0.4, 0.5) is 0 Å². The van der Waals surface area contributed by atoms with Crippen molar-refractivity contribution in [2.75, 3.05) is 27.2 Å². The van der Waals surface area contributed by atoms with Crippen molar-refractivity contribution in [1.82, 2.24) is 15.2 Å². The molecule has 0 saturated carbocycles. The summed E-state index contributed by atoms with van der Waals surface area (Å²) in [5.74, 6) is 5.35. The van der Waals surface area contributed by atoms with E-state index >= 15 is 0 Å². The number of hydrazine groups is 1. The first-order valence-corrected chi connectivity index (χ1v) is 6.00. The molecule has 0 unspecified atom stereocenters. The maximum absolute atomic E-state index is 11.6. The van der Waals surface area contributed by atoms with Gasteiger partial charge in [-0.1, -0.05) is 6.92 Å². The number of rotatable bonds is 6. The molecule has 2 amide bonds. The number of furan rings is 1. The fraction of sp³-hybridized carbons (Fsp3) is 0.500. The molecule has 0 fully saturated rings. The predicted molar refractivity (Wildman–Crippen MR) is 70.0 cm³/mol. The minimum Gasteiger partial charge on any atom is -0.455 e. The highest BCUT2D eigenvalue weighted by molar-refractivity contribution is 5.90. The number of hydrogen-bond donors (Lipinski definition) is 2. The number of hydrogen-bond acceptors (Lipinski definition) is 5. The summed E-state index contributed by atoms with van der Waals surface area (Å²) in [5.41, 5.74) is 2.00. The van der Waals surface area contributed by atoms with Gasteiger partial charge >= 0.3 is 5.91 Å². The number of nitrogens with zero attached hydrogens (tertiary/aromatic N) is 2. The predicted octanol–water partition coefficient (Wildman–Crippen LogP) is -0.207. The van der Waals surface area contributed by atoms with Gasteiger partial charge in [-0.25, -0.2) is 5.84 Å². The van der Waals surface area contributed by atoms with E-state index in [0.29, 0.717) is 25.4 Å². The van der Waals surface area contributed by atoms with Crippen molar-refractivity contribution in [3.63, 3.8) is 0 Å². The molecule has 0 aromatic carbocycles. The standard InChI is InChI=1S/C12H20N4O3/c1-4-16(8-11(17)15(2)3)7-9-5-6-10(19-9)12(18)14-13/h5-6H,4,7-8,13H2,1-3H3,(H,14,18). The summed E-state index contributed by atoms with van der Waals surface area (Å²) < 4.78 is 5.35. The second-order valence-corrected chi connectivity index (χ2v) is 4.33. The average molecular weight is 268 g/mol. The van der Waals surface area contributed by atoms with E-state index in [0.717, 1.165) is 0 Å². The lowest BCUT2D eigenvalue weighted by molar-refractivity contribution is -0.130. The maximum Gasteiger partial charge on any atom is 0.300 e. The van der Waals surface area contributed by atoms with Gasteiger partial charge in [0, 0.05) is 14.1 Å². The van der Waals surface area contributed by atoms with Crippen molar-refractivity contribution in [3.05, 3.63) is 23.7 Å². The second-order valence-electron chi connectivity index (χ2n) is 4.33. The van der Waals surface area contributed by atoms with E-state index in [4.69, 9.17) is 10.3 Å². The lowest BCUT2D eigenvalue weighted by Crippen LogP contribution is -2.36. The molecule has 0 radical (unpaired) electrons. The van der Waals surface area contributed by atoms with Gasteiger partial charge in [-0.3, -0.25) is 19.9 Å². The van der Waals surface area contributed by atoms with Gasteiger partial charge in [0.1, 0.15) is 5.76 Å². The second kappa shape index (κ2) is 6.91. The Balaban J connectivity index is 2.63. The topological polar surface area (TPSA) is 91.8 Å². The minimum atomic E-state index is -0.473. The van der Waals surface area contributed by atoms with Crippen LogP contribution in [0.2, 0.25) is 0 Å². The quantitative estimate of drug-likeness (QED) is 0.423. The van der Waals surface area contributed by atoms with Crippen LogP contribution in [0.25, 0.3) is 0 Å². The molecule has 0 atom stereocenters. The number of carbonyl (C=O) groups excluding carboxylic acids is 2. The van der Waals surface area contributed by atoms with Crippen LogP contribution in [-0.4, -0.2) is 48.8 Å². The minimum absolute atomic E-state index is 0.0216. The Morgan fingerprint density at radius 1 is 1.37 bits per heavy atom. The third-order valence-corrected chi connectivity index (χ3v) is 2.70. The van der Waals surface area contributed by atoms with Crippen molar-refractivity contribution in [2.24, 2.45) is 5.84 Å². The zero-order valence-electron chi connectivity index (χ0n) is 11.5. The summed E-state index contributed by atoms with van der Waals surface area (Å²) >= 11 is 0. The smallest absolute Gasteiger partial charge is 0.300 e. The van der Waals surface area contributed by atoms with Gasteiger partial charge in [0.2, 0.25) is 5.91 Å². The van der Waals surface area contributed by atoms with Crippen LogP contribution < -0.4 is 11.3 Å². The first kappa shape index (κ1) is 15.2. The summed E-state index contributed by atoms with van der Waals surface area (Å²) in [6.07, 6.45) is 0. The van der Waals surface area contributed by atoms with Crippen LogP contribution in [-0.2, 0) is 11.3 Å². The maximum atomic E-state index is 11.6. The van der Waals surface area contributed by atoms with Gasteiger partial charge in [-0.15, -0.1) is 0 Å². The fourth-order valence-electron chi connectivity index (χ4n) is 1.49. The van der Waals surface area contributed by atoms with Crippen molar-refractivity contribution in [1.29, 1.82) is 0 Å². The number of nitrogens with two attached hydrogens (primary N) is 1. The molecule has 0 aliphatic heterocycles. The van der Waals surface area contributed by atoms with Gasteiger partial charge in [-0.05, 0) is 18.7 Å². The van der Waals surface area contributed by atoms with Crippen molar-refractivity contribution in [3.8, 4) is 0 Å². The summed E-state index contributed by atoms with van der Waals surface area (Å²) in [6, 6.07) is 3.26. The van der Waals surface area contributed by atoms with Crippen LogP contribution in [0, 0.1) is 0 Å². The lowest BCUT2D eigenvalue weighted by atomic mass is 10.3. The van der Waals surface area contributed by atoms with Gasteiger partial charge in [-0.2, -0.15) is 0 Å². The Morgan fingerprint density at radius 3 is 2.58 bits per heavy atom. The van der Waals surface area contributed by atoms with Crippen LogP contribution in [0.1, 0.15) is 23.2 Å². The Hall–Kier alpha value is -1.86. The highest BCUT2D eigenvalue weighted by Crippen LogP contribution is 2.10. The lowest BCUT2D eigenvalue weighted by Gasteiger charge is -2.20. The molecule has 106 valence electrons. The monoisotopic (exact) mass is 268 g/mol. The molecule has 19 heavy (non-hydrogen) atoms. The molecule has 1 rings (SSSR count). The first-order valence-electron chi connectivity index (χ1n) is 6.00. The Kier molecular flexibility index (Phi) is 5.53. The van der Waals surface area contributed by atoms with E-state index in [2.05, 4.69) is 0 Å². The molecular weight excluding hydrogens is 248 g/mol. The van der Waals surface area contributed by atoms with Crippen molar-refractivity contribution in [2.45, 2.75) is 13.5 Å². The number of nitrogen functional groups attached to an aromatic ring is 1. The van der Waals surface area contributed by atoms with Crippen LogP contribution in [0.5, 0.6) is 0 Å². The Bertz CT molecular complexity index is 442. The first-order chi connectivity index (χ1) is 8.97. The van der Waals surface area contributed by atoms with Crippen LogP contribution >= 0.6 is 0 Å². The summed E-state index contributed by atoms with van der Waals surface area (Å²) in [5, 5.41) is 0. The molecule has 0 aliphatic carbocycles. The normalized spacial score (nSPS) is 10.6. The molecule has 0 bridgehead atoms. The van der Waals surface area contributed by atoms with Gasteiger partial charge in [0.05, 0.1) is 13.1 Å². The van der Waals surface area contributed by atoms with Crippen LogP contribution in [0.3, 0.4) is 0 Å². The van der Waals surface area contributed by atoms with Crippen molar-refractivity contribution < 1.29 is 14.0 Å². The van der Waals surface area contributed by atoms with E-state index in [1.54, 1.807) is 26.2 Å². The molecule has 7 nitrogen and oxygen atoms in total. The number of nitrogens with one attached hydrogen (secondary N) is 1. The third-order valence-electron chi connectivity index (χ3n) is 2.70. The largest absolute Gasteiger partial charge is 0.455 e. The molecule has 3 N–H and O–H groups in total. The number of amides is 2. The van der Waals surface area contributed by atoms with Crippen LogP contribution in [0.15, 0.2) is 16.5 Å². The van der Waals surface area contributed by atoms with Gasteiger partial charge in [0.25, 0.3) is 0 Å². The Labute approximate surface area is 112 Å². The molecule has 1 aromatic rings. The molecule has 7 heteroatoms. The van der Waals surface area contributed by atoms with E-state index in [1.165, 1.54) is 4.90 Å². The zero-order valence-corrected chi connectivity index (χ0v) is 11.5. The highest BCUT2D eigenvalue weighted by Gasteiger charge is 2.14. The van der Waals surface area contributed by atoms with Gasteiger partial charge in [0.15, 0.2) is 5.76 Å². The van der Waals surface area contributed by atoms with E-state index in [9.17, 15) is 9.59 Å². The molecule has 0 spiro atoms. The SMILES string of the molecule is CCN(CC(=O)N(C)C)Cc1ccc(C(=O)NN)o1. The fourth-order valence-corrected chi connectivity index (χ4v) is 1.49.